The number of piperidine rings is 1. The monoisotopic (exact) mass is 577 g/mol. The molecule has 11 heteroatoms. The largest absolute Gasteiger partial charge is 0.571 e. The third-order valence-electron chi connectivity index (χ3n) is 8.30. The number of benzene rings is 2. The average molecular weight is 578 g/mol. The summed E-state index contributed by atoms with van der Waals surface area (Å²) >= 11 is 0. The van der Waals surface area contributed by atoms with Crippen LogP contribution in [0.25, 0.3) is 4.72 Å². The molecule has 0 spiro atoms. The highest BCUT2D eigenvalue weighted by atomic mass is 32.2. The Morgan fingerprint density at radius 3 is 2.51 bits per heavy atom. The van der Waals surface area contributed by atoms with E-state index in [9.17, 15) is 18.0 Å². The Morgan fingerprint density at radius 2 is 1.76 bits per heavy atom. The molecule has 41 heavy (non-hydrogen) atoms. The first-order valence-corrected chi connectivity index (χ1v) is 15.3. The van der Waals surface area contributed by atoms with Gasteiger partial charge in [0.2, 0.25) is 0 Å². The molecule has 3 aromatic rings. The van der Waals surface area contributed by atoms with Crippen LogP contribution in [0.15, 0.2) is 64.3 Å². The normalized spacial score (nSPS) is 20.0. The highest BCUT2D eigenvalue weighted by Crippen LogP contribution is 2.44. The van der Waals surface area contributed by atoms with Crippen molar-refractivity contribution in [3.8, 4) is 11.5 Å². The molecule has 2 unspecified atom stereocenters. The molecule has 1 amide bonds. The van der Waals surface area contributed by atoms with Crippen LogP contribution < -0.4 is 19.9 Å². The summed E-state index contributed by atoms with van der Waals surface area (Å²) in [6.45, 7) is 3.22. The third kappa shape index (κ3) is 5.14. The van der Waals surface area contributed by atoms with Crippen LogP contribution in [0.2, 0.25) is 0 Å². The van der Waals surface area contributed by atoms with Gasteiger partial charge < -0.3 is 28.6 Å². The van der Waals surface area contributed by atoms with E-state index in [2.05, 4.69) is 9.62 Å². The molecule has 3 aliphatic rings. The lowest BCUT2D eigenvalue weighted by Crippen LogP contribution is -2.47. The van der Waals surface area contributed by atoms with Crippen molar-refractivity contribution in [2.45, 2.75) is 36.6 Å². The first-order valence-electron chi connectivity index (χ1n) is 13.9. The van der Waals surface area contributed by atoms with Crippen LogP contribution in [-0.2, 0) is 16.6 Å². The summed E-state index contributed by atoms with van der Waals surface area (Å²) in [7, 11) is -1.40. The number of nitrogens with zero attached hydrogens (tertiary/aromatic N) is 4. The van der Waals surface area contributed by atoms with Gasteiger partial charge in [-0.25, -0.2) is 8.42 Å². The lowest BCUT2D eigenvalue weighted by molar-refractivity contribution is 0.0793. The topological polar surface area (TPSA) is 112 Å². The molecule has 2 aromatic carbocycles. The van der Waals surface area contributed by atoms with Crippen LogP contribution in [0.4, 0.5) is 11.4 Å². The molecule has 2 atom stereocenters. The molecule has 2 saturated heterocycles. The SMILES string of the molecule is COc1ccc(OC)c(S(=O)(=O)[N-]c2cc(C(=O)N3CCCC3)ccc2N2CC3CC(C2)c2cccc(=O)n2C3)c1. The van der Waals surface area contributed by atoms with Crippen molar-refractivity contribution in [3.63, 3.8) is 0 Å². The highest BCUT2D eigenvalue weighted by molar-refractivity contribution is 7.94. The summed E-state index contributed by atoms with van der Waals surface area (Å²) in [5.41, 5.74) is 2.23. The molecule has 0 radical (unpaired) electrons. The van der Waals surface area contributed by atoms with Gasteiger partial charge in [0.15, 0.2) is 0 Å². The van der Waals surface area contributed by atoms with Crippen molar-refractivity contribution in [2.75, 3.05) is 45.3 Å². The van der Waals surface area contributed by atoms with Gasteiger partial charge in [-0.05, 0) is 55.5 Å². The summed E-state index contributed by atoms with van der Waals surface area (Å²) in [6, 6.07) is 15.1. The minimum absolute atomic E-state index is 0.00412. The molecule has 2 bridgehead atoms. The smallest absolute Gasteiger partial charge is 0.253 e. The van der Waals surface area contributed by atoms with E-state index in [0.717, 1.165) is 25.0 Å². The maximum atomic E-state index is 13.8. The minimum Gasteiger partial charge on any atom is -0.571 e. The van der Waals surface area contributed by atoms with Gasteiger partial charge in [0.05, 0.1) is 19.1 Å². The Labute approximate surface area is 239 Å². The number of fused-ring (bicyclic) bond motifs is 4. The van der Waals surface area contributed by atoms with Gasteiger partial charge in [-0.2, -0.15) is 0 Å². The zero-order valence-corrected chi connectivity index (χ0v) is 24.0. The summed E-state index contributed by atoms with van der Waals surface area (Å²) in [4.78, 5) is 29.6. The van der Waals surface area contributed by atoms with E-state index >= 15 is 0 Å². The fourth-order valence-electron chi connectivity index (χ4n) is 6.36. The van der Waals surface area contributed by atoms with E-state index < -0.39 is 10.0 Å². The molecule has 216 valence electrons. The highest BCUT2D eigenvalue weighted by Gasteiger charge is 2.35. The number of pyridine rings is 1. The standard InChI is InChI=1S/C30H33N4O6S/c1-39-23-9-11-27(40-2)28(16-23)41(37,38)31-24-15-21(30(36)32-12-3-4-13-32)8-10-26(24)33-17-20-14-22(19-33)25-6-5-7-29(35)34(25)18-20/h5-11,15-16,20,22H,3-4,12-14,17-19H2,1-2H3/q-1. The molecule has 1 aromatic heterocycles. The molecule has 0 saturated carbocycles. The number of methoxy groups -OCH3 is 2. The van der Waals surface area contributed by atoms with E-state index in [1.54, 1.807) is 41.3 Å². The van der Waals surface area contributed by atoms with Crippen molar-refractivity contribution in [1.29, 1.82) is 0 Å². The van der Waals surface area contributed by atoms with Crippen molar-refractivity contribution < 1.29 is 22.7 Å². The number of carbonyl (C=O) groups excluding carboxylic acids is 1. The van der Waals surface area contributed by atoms with Crippen molar-refractivity contribution in [1.82, 2.24) is 9.47 Å². The predicted octanol–water partition coefficient (Wildman–Crippen LogP) is 4.12. The number of hydrogen-bond donors (Lipinski definition) is 0. The predicted molar refractivity (Wildman–Crippen MR) is 155 cm³/mol. The maximum Gasteiger partial charge on any atom is 0.253 e. The van der Waals surface area contributed by atoms with Gasteiger partial charge in [-0.15, -0.1) is 5.69 Å². The van der Waals surface area contributed by atoms with E-state index in [4.69, 9.17) is 9.47 Å². The molecular weight excluding hydrogens is 544 g/mol. The third-order valence-corrected chi connectivity index (χ3v) is 9.62. The number of sulfonamides is 1. The number of rotatable bonds is 7. The summed E-state index contributed by atoms with van der Waals surface area (Å²) in [5.74, 6) is 0.705. The molecule has 4 heterocycles. The lowest BCUT2D eigenvalue weighted by atomic mass is 9.83. The van der Waals surface area contributed by atoms with E-state index in [1.807, 2.05) is 10.6 Å². The number of amides is 1. The Morgan fingerprint density at radius 1 is 0.951 bits per heavy atom. The quantitative estimate of drug-likeness (QED) is 0.415. The van der Waals surface area contributed by atoms with Gasteiger partial charge in [-0.1, -0.05) is 12.1 Å². The molecule has 3 aliphatic heterocycles. The van der Waals surface area contributed by atoms with Crippen LogP contribution in [0.1, 0.15) is 41.2 Å². The van der Waals surface area contributed by atoms with Gasteiger partial charge in [-0.3, -0.25) is 9.59 Å². The van der Waals surface area contributed by atoms with Crippen LogP contribution in [0, 0.1) is 5.92 Å². The lowest BCUT2D eigenvalue weighted by Gasteiger charge is -2.45. The minimum atomic E-state index is -4.26. The Bertz CT molecular complexity index is 1650. The van der Waals surface area contributed by atoms with Crippen LogP contribution in [-0.4, -0.2) is 64.2 Å². The summed E-state index contributed by atoms with van der Waals surface area (Å²) in [5, 5.41) is 0. The summed E-state index contributed by atoms with van der Waals surface area (Å²) in [6.07, 6.45) is 2.86. The Balaban J connectivity index is 1.39. The number of hydrogen-bond acceptors (Lipinski definition) is 7. The fraction of sp³-hybridized carbons (Fsp3) is 0.400. The van der Waals surface area contributed by atoms with E-state index in [0.29, 0.717) is 49.7 Å². The number of ether oxygens (including phenoxy) is 2. The zero-order valence-electron chi connectivity index (χ0n) is 23.2. The van der Waals surface area contributed by atoms with Crippen molar-refractivity contribution in [3.05, 3.63) is 80.9 Å². The number of likely N-dealkylation sites (tertiary alicyclic amines) is 1. The Kier molecular flexibility index (Phi) is 7.14. The van der Waals surface area contributed by atoms with Gasteiger partial charge >= 0.3 is 0 Å². The van der Waals surface area contributed by atoms with Crippen molar-refractivity contribution in [2.24, 2.45) is 5.92 Å². The molecule has 10 nitrogen and oxygen atoms in total. The Hall–Kier alpha value is -3.99. The molecule has 2 fully saturated rings. The molecule has 0 N–H and O–H groups in total. The second-order valence-corrected chi connectivity index (χ2v) is 12.5. The fourth-order valence-corrected chi connectivity index (χ4v) is 7.53. The number of anilines is 1. The van der Waals surface area contributed by atoms with Crippen LogP contribution >= 0.6 is 0 Å². The molecule has 6 rings (SSSR count). The first-order chi connectivity index (χ1) is 19.8. The summed E-state index contributed by atoms with van der Waals surface area (Å²) < 4.78 is 44.3. The first kappa shape index (κ1) is 27.2. The van der Waals surface area contributed by atoms with Crippen LogP contribution in [0.3, 0.4) is 0 Å². The van der Waals surface area contributed by atoms with Crippen molar-refractivity contribution >= 4 is 27.3 Å². The van der Waals surface area contributed by atoms with Gasteiger partial charge in [0, 0.05) is 67.7 Å². The van der Waals surface area contributed by atoms with Gasteiger partial charge in [0.1, 0.15) is 21.5 Å². The van der Waals surface area contributed by atoms with E-state index in [1.165, 1.54) is 26.4 Å². The van der Waals surface area contributed by atoms with Crippen LogP contribution in [0.5, 0.6) is 11.5 Å². The second kappa shape index (κ2) is 10.8. The molecule has 0 aliphatic carbocycles. The second-order valence-electron chi connectivity index (χ2n) is 10.9. The average Bonchev–Trinajstić information content (AvgIpc) is 3.52. The van der Waals surface area contributed by atoms with E-state index in [-0.39, 0.29) is 39.6 Å². The van der Waals surface area contributed by atoms with Gasteiger partial charge in [0.25, 0.3) is 11.5 Å². The maximum absolute atomic E-state index is 13.8. The molecular formula is C30H33N4O6S-. The number of aromatic nitrogens is 1. The number of carbonyl (C=O) groups is 1. The zero-order chi connectivity index (χ0) is 28.7.